The highest BCUT2D eigenvalue weighted by molar-refractivity contribution is 7.95. The predicted octanol–water partition coefficient (Wildman–Crippen LogP) is 3.70. The van der Waals surface area contributed by atoms with Gasteiger partial charge in [-0.25, -0.2) is 8.42 Å². The smallest absolute Gasteiger partial charge is 0.216 e. The van der Waals surface area contributed by atoms with Gasteiger partial charge in [-0.1, -0.05) is 38.6 Å². The molecule has 0 aromatic heterocycles. The Bertz CT molecular complexity index is 626. The number of nitriles is 1. The molecule has 0 aliphatic heterocycles. The Labute approximate surface area is 114 Å². The summed E-state index contributed by atoms with van der Waals surface area (Å²) < 4.78 is 24.8. The van der Waals surface area contributed by atoms with Gasteiger partial charge >= 0.3 is 0 Å². The minimum absolute atomic E-state index is 0.121. The van der Waals surface area contributed by atoms with Gasteiger partial charge in [0.05, 0.1) is 4.90 Å². The third-order valence-electron chi connectivity index (χ3n) is 2.97. The van der Waals surface area contributed by atoms with Gasteiger partial charge in [-0.15, -0.1) is 0 Å². The van der Waals surface area contributed by atoms with Crippen molar-refractivity contribution in [1.29, 1.82) is 5.26 Å². The first-order valence-electron chi connectivity index (χ1n) is 6.10. The van der Waals surface area contributed by atoms with E-state index < -0.39 is 9.84 Å². The first kappa shape index (κ1) is 15.2. The number of nitrogens with zero attached hydrogens (tertiary/aromatic N) is 1. The number of allylic oxidation sites excluding steroid dienone is 2. The first-order chi connectivity index (χ1) is 9.01. The van der Waals surface area contributed by atoms with Gasteiger partial charge in [-0.3, -0.25) is 0 Å². The summed E-state index contributed by atoms with van der Waals surface area (Å²) >= 11 is 0. The second-order valence-electron chi connectivity index (χ2n) is 4.03. The van der Waals surface area contributed by atoms with E-state index in [4.69, 9.17) is 5.26 Å². The van der Waals surface area contributed by atoms with Crippen molar-refractivity contribution in [3.05, 3.63) is 46.9 Å². The lowest BCUT2D eigenvalue weighted by Crippen LogP contribution is -2.06. The molecule has 1 aromatic rings. The van der Waals surface area contributed by atoms with Crippen molar-refractivity contribution in [2.45, 2.75) is 31.6 Å². The SMILES string of the molecule is C=Cc1ccc(S(=O)(=O)C(C#N)=C(CC)CC)cc1. The van der Waals surface area contributed by atoms with Crippen molar-refractivity contribution in [2.75, 3.05) is 0 Å². The average molecular weight is 275 g/mol. The Kier molecular flexibility index (Phi) is 5.08. The molecular formula is C15H17NO2S. The topological polar surface area (TPSA) is 57.9 Å². The molecule has 0 aliphatic rings. The maximum atomic E-state index is 12.4. The Balaban J connectivity index is 3.41. The van der Waals surface area contributed by atoms with Crippen LogP contribution in [0, 0.1) is 11.3 Å². The van der Waals surface area contributed by atoms with E-state index in [1.165, 1.54) is 12.1 Å². The summed E-state index contributed by atoms with van der Waals surface area (Å²) in [6.45, 7) is 7.33. The van der Waals surface area contributed by atoms with E-state index in [0.717, 1.165) is 5.56 Å². The molecule has 4 heteroatoms. The molecule has 0 atom stereocenters. The molecule has 0 N–H and O–H groups in total. The monoisotopic (exact) mass is 275 g/mol. The summed E-state index contributed by atoms with van der Waals surface area (Å²) in [6.07, 6.45) is 2.76. The molecule has 0 bridgehead atoms. The standard InChI is InChI=1S/C15H17NO2S/c1-4-12-7-9-14(10-8-12)19(17,18)15(11-16)13(5-2)6-3/h4,7-10H,1,5-6H2,2-3H3. The van der Waals surface area contributed by atoms with Crippen LogP contribution in [0.15, 0.2) is 46.2 Å². The highest BCUT2D eigenvalue weighted by atomic mass is 32.2. The van der Waals surface area contributed by atoms with Gasteiger partial charge in [-0.2, -0.15) is 5.26 Å². The van der Waals surface area contributed by atoms with Crippen LogP contribution in [0.5, 0.6) is 0 Å². The van der Waals surface area contributed by atoms with E-state index in [9.17, 15) is 8.42 Å². The maximum absolute atomic E-state index is 12.4. The minimum atomic E-state index is -3.72. The number of sulfone groups is 1. The Morgan fingerprint density at radius 2 is 1.79 bits per heavy atom. The molecule has 0 spiro atoms. The molecular weight excluding hydrogens is 258 g/mol. The molecule has 3 nitrogen and oxygen atoms in total. The van der Waals surface area contributed by atoms with Crippen molar-refractivity contribution in [3.8, 4) is 6.07 Å². The molecule has 100 valence electrons. The molecule has 0 unspecified atom stereocenters. The van der Waals surface area contributed by atoms with Gasteiger partial charge in [0.25, 0.3) is 0 Å². The van der Waals surface area contributed by atoms with Crippen molar-refractivity contribution in [2.24, 2.45) is 0 Å². The van der Waals surface area contributed by atoms with Gasteiger partial charge in [0.15, 0.2) is 0 Å². The molecule has 0 saturated carbocycles. The Morgan fingerprint density at radius 3 is 2.16 bits per heavy atom. The van der Waals surface area contributed by atoms with Crippen molar-refractivity contribution in [1.82, 2.24) is 0 Å². The first-order valence-corrected chi connectivity index (χ1v) is 7.59. The number of benzene rings is 1. The van der Waals surface area contributed by atoms with E-state index in [0.29, 0.717) is 18.4 Å². The summed E-state index contributed by atoms with van der Waals surface area (Å²) in [5.74, 6) is 0. The average Bonchev–Trinajstić information content (AvgIpc) is 2.44. The molecule has 0 heterocycles. The number of hydrogen-bond acceptors (Lipinski definition) is 3. The zero-order valence-corrected chi connectivity index (χ0v) is 12.0. The third kappa shape index (κ3) is 3.12. The largest absolute Gasteiger partial charge is 0.218 e. The summed E-state index contributed by atoms with van der Waals surface area (Å²) in [5.41, 5.74) is 1.50. The van der Waals surface area contributed by atoms with E-state index >= 15 is 0 Å². The lowest BCUT2D eigenvalue weighted by atomic mass is 10.1. The lowest BCUT2D eigenvalue weighted by molar-refractivity contribution is 0.602. The van der Waals surface area contributed by atoms with E-state index in [-0.39, 0.29) is 9.80 Å². The number of rotatable bonds is 5. The second-order valence-corrected chi connectivity index (χ2v) is 5.91. The van der Waals surface area contributed by atoms with Gasteiger partial charge in [-0.05, 0) is 36.1 Å². The van der Waals surface area contributed by atoms with Crippen LogP contribution in [0.3, 0.4) is 0 Å². The summed E-state index contributed by atoms with van der Waals surface area (Å²) in [4.78, 5) is 0.0258. The minimum Gasteiger partial charge on any atom is -0.218 e. The van der Waals surface area contributed by atoms with Crippen molar-refractivity contribution >= 4 is 15.9 Å². The molecule has 0 amide bonds. The highest BCUT2D eigenvalue weighted by Crippen LogP contribution is 2.25. The van der Waals surface area contributed by atoms with Crippen LogP contribution >= 0.6 is 0 Å². The van der Waals surface area contributed by atoms with E-state index in [2.05, 4.69) is 6.58 Å². The van der Waals surface area contributed by atoms with Crippen LogP contribution in [-0.2, 0) is 9.84 Å². The summed E-state index contributed by atoms with van der Waals surface area (Å²) in [7, 11) is -3.72. The van der Waals surface area contributed by atoms with Crippen LogP contribution < -0.4 is 0 Å². The molecule has 19 heavy (non-hydrogen) atoms. The number of hydrogen-bond donors (Lipinski definition) is 0. The fraction of sp³-hybridized carbons (Fsp3) is 0.267. The summed E-state index contributed by atoms with van der Waals surface area (Å²) in [5, 5.41) is 9.15. The maximum Gasteiger partial charge on any atom is 0.216 e. The zero-order chi connectivity index (χ0) is 14.5. The van der Waals surface area contributed by atoms with Crippen LogP contribution in [0.2, 0.25) is 0 Å². The van der Waals surface area contributed by atoms with Gasteiger partial charge < -0.3 is 0 Å². The molecule has 0 saturated heterocycles. The molecule has 1 rings (SSSR count). The normalized spacial score (nSPS) is 10.6. The quantitative estimate of drug-likeness (QED) is 0.770. The van der Waals surface area contributed by atoms with Crippen LogP contribution in [0.4, 0.5) is 0 Å². The molecule has 0 fully saturated rings. The lowest BCUT2D eigenvalue weighted by Gasteiger charge is -2.08. The highest BCUT2D eigenvalue weighted by Gasteiger charge is 2.23. The molecule has 0 aliphatic carbocycles. The van der Waals surface area contributed by atoms with Gasteiger partial charge in [0.1, 0.15) is 11.0 Å². The second kappa shape index (κ2) is 6.35. The molecule has 0 radical (unpaired) electrons. The molecule has 1 aromatic carbocycles. The predicted molar refractivity (Wildman–Crippen MR) is 76.9 cm³/mol. The fourth-order valence-electron chi connectivity index (χ4n) is 1.80. The van der Waals surface area contributed by atoms with Gasteiger partial charge in [0.2, 0.25) is 9.84 Å². The van der Waals surface area contributed by atoms with Crippen LogP contribution in [-0.4, -0.2) is 8.42 Å². The van der Waals surface area contributed by atoms with Crippen molar-refractivity contribution < 1.29 is 8.42 Å². The Hall–Kier alpha value is -1.86. The zero-order valence-electron chi connectivity index (χ0n) is 11.2. The van der Waals surface area contributed by atoms with E-state index in [1.54, 1.807) is 18.2 Å². The van der Waals surface area contributed by atoms with Crippen molar-refractivity contribution in [3.63, 3.8) is 0 Å². The van der Waals surface area contributed by atoms with Crippen LogP contribution in [0.1, 0.15) is 32.3 Å². The van der Waals surface area contributed by atoms with E-state index in [1.807, 2.05) is 19.9 Å². The third-order valence-corrected chi connectivity index (χ3v) is 4.78. The fourth-order valence-corrected chi connectivity index (χ4v) is 3.32. The Morgan fingerprint density at radius 1 is 1.26 bits per heavy atom. The summed E-state index contributed by atoms with van der Waals surface area (Å²) in [6, 6.07) is 8.20. The van der Waals surface area contributed by atoms with Gasteiger partial charge in [0, 0.05) is 0 Å². The van der Waals surface area contributed by atoms with Crippen LogP contribution in [0.25, 0.3) is 6.08 Å².